The molecule has 6 nitrogen and oxygen atoms in total. The minimum absolute atomic E-state index is 0.172. The summed E-state index contributed by atoms with van der Waals surface area (Å²) in [6, 6.07) is 16.8. The number of nitrogens with zero attached hydrogens (tertiary/aromatic N) is 3. The van der Waals surface area contributed by atoms with Crippen LogP contribution >= 0.6 is 0 Å². The van der Waals surface area contributed by atoms with E-state index in [4.69, 9.17) is 5.26 Å². The minimum Gasteiger partial charge on any atom is -0.339 e. The molecule has 1 amide bonds. The Hall–Kier alpha value is -3.72. The van der Waals surface area contributed by atoms with E-state index >= 15 is 0 Å². The lowest BCUT2D eigenvalue weighted by atomic mass is 10.0. The summed E-state index contributed by atoms with van der Waals surface area (Å²) in [4.78, 5) is 20.8. The quantitative estimate of drug-likeness (QED) is 0.703. The van der Waals surface area contributed by atoms with Gasteiger partial charge in [-0.3, -0.25) is 4.79 Å². The van der Waals surface area contributed by atoms with Crippen molar-refractivity contribution in [2.75, 3.05) is 10.6 Å². The van der Waals surface area contributed by atoms with Gasteiger partial charge in [0.1, 0.15) is 17.6 Å². The van der Waals surface area contributed by atoms with E-state index in [1.165, 1.54) is 18.0 Å². The maximum atomic E-state index is 12.4. The summed E-state index contributed by atoms with van der Waals surface area (Å²) in [6.45, 7) is 4.25. The van der Waals surface area contributed by atoms with Gasteiger partial charge in [-0.25, -0.2) is 9.97 Å². The van der Waals surface area contributed by atoms with Gasteiger partial charge in [0.05, 0.1) is 23.6 Å². The molecular formula is C21H19N5O. The normalized spacial score (nSPS) is 10.3. The van der Waals surface area contributed by atoms with Crippen LogP contribution in [-0.4, -0.2) is 15.9 Å². The van der Waals surface area contributed by atoms with E-state index in [2.05, 4.69) is 40.5 Å². The smallest absolute Gasteiger partial charge is 0.275 e. The summed E-state index contributed by atoms with van der Waals surface area (Å²) in [5, 5.41) is 15.0. The standard InChI is InChI=1S/C21H19N5O/c1-14(2)16-8-4-6-10-18(16)25-20-13-23-19(12-24-20)21(27)26-17-9-5-3-7-15(17)11-22/h3-10,12-14H,1-2H3,(H,24,25)(H,26,27). The third kappa shape index (κ3) is 4.28. The first kappa shape index (κ1) is 18.1. The summed E-state index contributed by atoms with van der Waals surface area (Å²) in [5.74, 6) is 0.503. The van der Waals surface area contributed by atoms with Crippen molar-refractivity contribution in [2.45, 2.75) is 19.8 Å². The Morgan fingerprint density at radius 2 is 1.70 bits per heavy atom. The number of nitrogens with one attached hydrogen (secondary N) is 2. The average Bonchev–Trinajstić information content (AvgIpc) is 2.69. The Morgan fingerprint density at radius 1 is 1.00 bits per heavy atom. The molecule has 0 fully saturated rings. The van der Waals surface area contributed by atoms with Crippen molar-refractivity contribution in [1.29, 1.82) is 5.26 Å². The summed E-state index contributed by atoms with van der Waals surface area (Å²) >= 11 is 0. The van der Waals surface area contributed by atoms with Crippen molar-refractivity contribution in [3.05, 3.63) is 77.7 Å². The van der Waals surface area contributed by atoms with E-state index in [9.17, 15) is 4.79 Å². The van der Waals surface area contributed by atoms with Gasteiger partial charge in [0.2, 0.25) is 0 Å². The summed E-state index contributed by atoms with van der Waals surface area (Å²) in [5.41, 5.74) is 3.14. The van der Waals surface area contributed by atoms with E-state index in [0.717, 1.165) is 5.69 Å². The monoisotopic (exact) mass is 357 g/mol. The summed E-state index contributed by atoms with van der Waals surface area (Å²) in [7, 11) is 0. The van der Waals surface area contributed by atoms with Gasteiger partial charge < -0.3 is 10.6 Å². The maximum Gasteiger partial charge on any atom is 0.275 e. The van der Waals surface area contributed by atoms with Gasteiger partial charge >= 0.3 is 0 Å². The minimum atomic E-state index is -0.417. The molecule has 2 aromatic carbocycles. The van der Waals surface area contributed by atoms with Crippen molar-refractivity contribution in [3.8, 4) is 6.07 Å². The molecule has 2 N–H and O–H groups in total. The van der Waals surface area contributed by atoms with Crippen molar-refractivity contribution >= 4 is 23.1 Å². The Kier molecular flexibility index (Phi) is 5.43. The number of amides is 1. The predicted molar refractivity (Wildman–Crippen MR) is 105 cm³/mol. The molecule has 0 atom stereocenters. The van der Waals surface area contributed by atoms with Crippen LogP contribution in [0.1, 0.15) is 41.4 Å². The molecule has 0 bridgehead atoms. The fourth-order valence-electron chi connectivity index (χ4n) is 2.64. The van der Waals surface area contributed by atoms with Gasteiger partial charge in [-0.15, -0.1) is 0 Å². The lowest BCUT2D eigenvalue weighted by molar-refractivity contribution is 0.102. The van der Waals surface area contributed by atoms with Gasteiger partial charge in [-0.1, -0.05) is 44.2 Å². The molecule has 0 saturated carbocycles. The first-order valence-electron chi connectivity index (χ1n) is 8.57. The van der Waals surface area contributed by atoms with Gasteiger partial charge in [0, 0.05) is 5.69 Å². The van der Waals surface area contributed by atoms with E-state index in [-0.39, 0.29) is 5.69 Å². The Labute approximate surface area is 157 Å². The second kappa shape index (κ2) is 8.11. The highest BCUT2D eigenvalue weighted by atomic mass is 16.1. The van der Waals surface area contributed by atoms with E-state index in [1.54, 1.807) is 24.3 Å². The number of carbonyl (C=O) groups excluding carboxylic acids is 1. The van der Waals surface area contributed by atoms with Crippen LogP contribution in [0.3, 0.4) is 0 Å². The van der Waals surface area contributed by atoms with Gasteiger partial charge in [0.25, 0.3) is 5.91 Å². The Balaban J connectivity index is 1.74. The molecule has 27 heavy (non-hydrogen) atoms. The van der Waals surface area contributed by atoms with Gasteiger partial charge in [-0.2, -0.15) is 5.26 Å². The highest BCUT2D eigenvalue weighted by Crippen LogP contribution is 2.26. The summed E-state index contributed by atoms with van der Waals surface area (Å²) < 4.78 is 0. The zero-order valence-corrected chi connectivity index (χ0v) is 15.1. The number of hydrogen-bond donors (Lipinski definition) is 2. The molecule has 0 unspecified atom stereocenters. The zero-order valence-electron chi connectivity index (χ0n) is 15.1. The first-order chi connectivity index (χ1) is 13.1. The van der Waals surface area contributed by atoms with Crippen LogP contribution in [0.25, 0.3) is 0 Å². The van der Waals surface area contributed by atoms with Crippen LogP contribution in [0, 0.1) is 11.3 Å². The van der Waals surface area contributed by atoms with Crippen molar-refractivity contribution < 1.29 is 4.79 Å². The molecular weight excluding hydrogens is 338 g/mol. The number of rotatable bonds is 5. The molecule has 0 spiro atoms. The number of nitriles is 1. The molecule has 6 heteroatoms. The van der Waals surface area contributed by atoms with E-state index in [1.807, 2.05) is 24.3 Å². The van der Waals surface area contributed by atoms with Crippen molar-refractivity contribution in [1.82, 2.24) is 9.97 Å². The molecule has 0 aliphatic carbocycles. The Bertz CT molecular complexity index is 990. The Morgan fingerprint density at radius 3 is 2.37 bits per heavy atom. The molecule has 1 aromatic heterocycles. The molecule has 3 aromatic rings. The van der Waals surface area contributed by atoms with Crippen molar-refractivity contribution in [2.24, 2.45) is 0 Å². The van der Waals surface area contributed by atoms with Crippen LogP contribution < -0.4 is 10.6 Å². The molecule has 0 aliphatic rings. The fourth-order valence-corrected chi connectivity index (χ4v) is 2.64. The molecule has 134 valence electrons. The van der Waals surface area contributed by atoms with Crippen LogP contribution in [-0.2, 0) is 0 Å². The van der Waals surface area contributed by atoms with Gasteiger partial charge in [0.15, 0.2) is 0 Å². The predicted octanol–water partition coefficient (Wildman–Crippen LogP) is 4.47. The van der Waals surface area contributed by atoms with Crippen LogP contribution in [0.4, 0.5) is 17.2 Å². The van der Waals surface area contributed by atoms with Crippen LogP contribution in [0.15, 0.2) is 60.9 Å². The van der Waals surface area contributed by atoms with Crippen LogP contribution in [0.5, 0.6) is 0 Å². The highest BCUT2D eigenvalue weighted by Gasteiger charge is 2.12. The maximum absolute atomic E-state index is 12.4. The molecule has 0 saturated heterocycles. The number of aromatic nitrogens is 2. The SMILES string of the molecule is CC(C)c1ccccc1Nc1cnc(C(=O)Nc2ccccc2C#N)cn1. The zero-order chi connectivity index (χ0) is 19.2. The second-order valence-corrected chi connectivity index (χ2v) is 6.27. The molecule has 3 rings (SSSR count). The number of carbonyl (C=O) groups is 1. The van der Waals surface area contributed by atoms with Crippen LogP contribution in [0.2, 0.25) is 0 Å². The first-order valence-corrected chi connectivity index (χ1v) is 8.57. The number of para-hydroxylation sites is 2. The lowest BCUT2D eigenvalue weighted by Gasteiger charge is -2.14. The average molecular weight is 357 g/mol. The molecule has 0 aliphatic heterocycles. The third-order valence-corrected chi connectivity index (χ3v) is 4.03. The lowest BCUT2D eigenvalue weighted by Crippen LogP contribution is -2.15. The van der Waals surface area contributed by atoms with E-state index < -0.39 is 5.91 Å². The third-order valence-electron chi connectivity index (χ3n) is 4.03. The molecule has 1 heterocycles. The van der Waals surface area contributed by atoms with Crippen molar-refractivity contribution in [3.63, 3.8) is 0 Å². The number of anilines is 3. The highest BCUT2D eigenvalue weighted by molar-refractivity contribution is 6.03. The summed E-state index contributed by atoms with van der Waals surface area (Å²) in [6.07, 6.45) is 2.92. The van der Waals surface area contributed by atoms with E-state index in [0.29, 0.717) is 23.0 Å². The number of benzene rings is 2. The second-order valence-electron chi connectivity index (χ2n) is 6.27. The largest absolute Gasteiger partial charge is 0.339 e. The number of hydrogen-bond acceptors (Lipinski definition) is 5. The van der Waals surface area contributed by atoms with Gasteiger partial charge in [-0.05, 0) is 29.7 Å². The topological polar surface area (TPSA) is 90.7 Å². The fraction of sp³-hybridized carbons (Fsp3) is 0.143. The molecule has 0 radical (unpaired) electrons.